The van der Waals surface area contributed by atoms with E-state index in [1.165, 1.54) is 19.2 Å². The normalized spacial score (nSPS) is 11.7. The molecule has 1 aromatic heterocycles. The van der Waals surface area contributed by atoms with Crippen molar-refractivity contribution in [3.05, 3.63) is 46.1 Å². The third-order valence-corrected chi connectivity index (χ3v) is 3.08. The molecule has 2 aromatic rings. The first-order valence-corrected chi connectivity index (χ1v) is 6.60. The molecular formula is C13H16N5O4+. The molecule has 9 heteroatoms. The zero-order valence-electron chi connectivity index (χ0n) is 12.1. The summed E-state index contributed by atoms with van der Waals surface area (Å²) in [5, 5.41) is 19.3. The number of benzene rings is 1. The SMILES string of the molecule is CNC(=O)Nc1c[n+](C(C)Cc2ccc([N+](=O)[O-])cc2)no1. The van der Waals surface area contributed by atoms with Gasteiger partial charge in [0.1, 0.15) is 0 Å². The van der Waals surface area contributed by atoms with Crippen molar-refractivity contribution in [3.8, 4) is 0 Å². The summed E-state index contributed by atoms with van der Waals surface area (Å²) in [6.45, 7) is 1.92. The van der Waals surface area contributed by atoms with E-state index in [0.717, 1.165) is 5.56 Å². The van der Waals surface area contributed by atoms with Crippen molar-refractivity contribution in [2.24, 2.45) is 0 Å². The molecule has 0 bridgehead atoms. The first kappa shape index (κ1) is 15.4. The number of nitro groups is 1. The van der Waals surface area contributed by atoms with E-state index in [1.54, 1.807) is 23.0 Å². The van der Waals surface area contributed by atoms with Gasteiger partial charge in [0.05, 0.1) is 4.92 Å². The number of amides is 2. The summed E-state index contributed by atoms with van der Waals surface area (Å²) < 4.78 is 6.57. The highest BCUT2D eigenvalue weighted by Crippen LogP contribution is 2.15. The molecule has 0 saturated carbocycles. The molecule has 0 fully saturated rings. The van der Waals surface area contributed by atoms with Crippen molar-refractivity contribution in [1.29, 1.82) is 0 Å². The van der Waals surface area contributed by atoms with E-state index in [1.807, 2.05) is 6.92 Å². The predicted octanol–water partition coefficient (Wildman–Crippen LogP) is 1.43. The van der Waals surface area contributed by atoms with Gasteiger partial charge in [-0.1, -0.05) is 12.1 Å². The zero-order chi connectivity index (χ0) is 16.1. The minimum Gasteiger partial charge on any atom is -0.341 e. The lowest BCUT2D eigenvalue weighted by Gasteiger charge is -2.02. The molecule has 0 aliphatic carbocycles. The van der Waals surface area contributed by atoms with Gasteiger partial charge in [0, 0.05) is 32.5 Å². The maximum atomic E-state index is 11.2. The number of nitrogens with zero attached hydrogens (tertiary/aromatic N) is 3. The van der Waals surface area contributed by atoms with Gasteiger partial charge in [-0.15, -0.1) is 0 Å². The van der Waals surface area contributed by atoms with Crippen molar-refractivity contribution in [1.82, 2.24) is 10.6 Å². The molecule has 0 aliphatic rings. The summed E-state index contributed by atoms with van der Waals surface area (Å²) in [7, 11) is 1.50. The topological polar surface area (TPSA) is 114 Å². The lowest BCUT2D eigenvalue weighted by molar-refractivity contribution is -0.782. The fraction of sp³-hybridized carbons (Fsp3) is 0.308. The van der Waals surface area contributed by atoms with Gasteiger partial charge in [0.2, 0.25) is 5.27 Å². The third-order valence-electron chi connectivity index (χ3n) is 3.08. The summed E-state index contributed by atoms with van der Waals surface area (Å²) in [6.07, 6.45) is 2.19. The second kappa shape index (κ2) is 6.66. The van der Waals surface area contributed by atoms with E-state index in [0.29, 0.717) is 6.42 Å². The summed E-state index contributed by atoms with van der Waals surface area (Å²) >= 11 is 0. The maximum Gasteiger partial charge on any atom is 0.321 e. The number of non-ortho nitro benzene ring substituents is 1. The molecule has 22 heavy (non-hydrogen) atoms. The monoisotopic (exact) mass is 306 g/mol. The van der Waals surface area contributed by atoms with Gasteiger partial charge in [-0.2, -0.15) is 0 Å². The standard InChI is InChI=1S/C13H15N5O4/c1-9(7-10-3-5-11(6-4-10)18(20)21)17-8-12(22-16-17)15-13(19)14-2/h3-6,8-9H,7H2,1-2H3,(H-,14,15,16,19)/p+1. The minimum atomic E-state index is -0.434. The Morgan fingerprint density at radius 1 is 1.45 bits per heavy atom. The molecule has 2 N–H and O–H groups in total. The van der Waals surface area contributed by atoms with Crippen LogP contribution in [0.1, 0.15) is 18.5 Å². The van der Waals surface area contributed by atoms with Crippen molar-refractivity contribution in [3.63, 3.8) is 0 Å². The maximum absolute atomic E-state index is 11.2. The van der Waals surface area contributed by atoms with Gasteiger partial charge in [-0.3, -0.25) is 20.0 Å². The molecule has 1 unspecified atom stereocenters. The Kier molecular flexibility index (Phi) is 4.66. The molecular weight excluding hydrogens is 290 g/mol. The van der Waals surface area contributed by atoms with Gasteiger partial charge in [-0.25, -0.2) is 4.79 Å². The highest BCUT2D eigenvalue weighted by molar-refractivity contribution is 5.87. The smallest absolute Gasteiger partial charge is 0.321 e. The van der Waals surface area contributed by atoms with Crippen LogP contribution in [0, 0.1) is 10.1 Å². The van der Waals surface area contributed by atoms with Crippen LogP contribution in [0.4, 0.5) is 16.4 Å². The fourth-order valence-corrected chi connectivity index (χ4v) is 1.88. The van der Waals surface area contributed by atoms with Gasteiger partial charge in [-0.05, 0) is 10.2 Å². The van der Waals surface area contributed by atoms with Gasteiger partial charge in [0.15, 0.2) is 6.04 Å². The van der Waals surface area contributed by atoms with Crippen LogP contribution in [0.2, 0.25) is 0 Å². The van der Waals surface area contributed by atoms with E-state index in [2.05, 4.69) is 15.9 Å². The van der Waals surface area contributed by atoms with Crippen molar-refractivity contribution < 1.29 is 18.9 Å². The van der Waals surface area contributed by atoms with Crippen LogP contribution >= 0.6 is 0 Å². The lowest BCUT2D eigenvalue weighted by atomic mass is 10.1. The quantitative estimate of drug-likeness (QED) is 0.492. The zero-order valence-corrected chi connectivity index (χ0v) is 12.1. The number of hydrogen-bond acceptors (Lipinski definition) is 5. The average Bonchev–Trinajstić information content (AvgIpc) is 2.96. The molecule has 9 nitrogen and oxygen atoms in total. The Balaban J connectivity index is 2.01. The van der Waals surface area contributed by atoms with E-state index in [-0.39, 0.29) is 17.6 Å². The van der Waals surface area contributed by atoms with Crippen LogP contribution in [-0.2, 0) is 6.42 Å². The van der Waals surface area contributed by atoms with Gasteiger partial charge in [0.25, 0.3) is 11.9 Å². The molecule has 2 rings (SSSR count). The van der Waals surface area contributed by atoms with Crippen molar-refractivity contribution >= 4 is 17.6 Å². The number of nitro benzene ring substituents is 1. The van der Waals surface area contributed by atoms with E-state index < -0.39 is 11.0 Å². The second-order valence-electron chi connectivity index (χ2n) is 4.73. The number of hydrogen-bond donors (Lipinski definition) is 2. The summed E-state index contributed by atoms with van der Waals surface area (Å²) in [5.74, 6) is 0.231. The first-order chi connectivity index (χ1) is 10.5. The van der Waals surface area contributed by atoms with Crippen LogP contribution < -0.4 is 15.3 Å². The molecule has 2 amide bonds. The van der Waals surface area contributed by atoms with E-state index >= 15 is 0 Å². The molecule has 1 heterocycles. The van der Waals surface area contributed by atoms with Crippen LogP contribution in [0.5, 0.6) is 0 Å². The number of rotatable bonds is 5. The van der Waals surface area contributed by atoms with E-state index in [4.69, 9.17) is 4.52 Å². The van der Waals surface area contributed by atoms with Crippen LogP contribution in [-0.4, -0.2) is 23.3 Å². The average molecular weight is 306 g/mol. The highest BCUT2D eigenvalue weighted by Gasteiger charge is 2.21. The van der Waals surface area contributed by atoms with Crippen LogP contribution in [0.3, 0.4) is 0 Å². The predicted molar refractivity (Wildman–Crippen MR) is 76.3 cm³/mol. The molecule has 1 atom stereocenters. The van der Waals surface area contributed by atoms with Gasteiger partial charge >= 0.3 is 11.9 Å². The Labute approximate surface area is 126 Å². The van der Waals surface area contributed by atoms with E-state index in [9.17, 15) is 14.9 Å². The molecule has 0 aliphatic heterocycles. The summed E-state index contributed by atoms with van der Waals surface area (Å²) in [4.78, 5) is 21.3. The molecule has 116 valence electrons. The number of urea groups is 1. The first-order valence-electron chi connectivity index (χ1n) is 6.60. The summed E-state index contributed by atoms with van der Waals surface area (Å²) in [6, 6.07) is 5.91. The number of aromatic nitrogens is 2. The van der Waals surface area contributed by atoms with Gasteiger partial charge < -0.3 is 5.32 Å². The number of carbonyl (C=O) groups is 1. The number of carbonyl (C=O) groups excluding carboxylic acids is 1. The summed E-state index contributed by atoms with van der Waals surface area (Å²) in [5.41, 5.74) is 0.997. The minimum absolute atomic E-state index is 0.0366. The second-order valence-corrected chi connectivity index (χ2v) is 4.73. The molecule has 1 aromatic carbocycles. The highest BCUT2D eigenvalue weighted by atomic mass is 16.6. The Morgan fingerprint density at radius 2 is 2.14 bits per heavy atom. The fourth-order valence-electron chi connectivity index (χ4n) is 1.88. The molecule has 0 radical (unpaired) electrons. The van der Waals surface area contributed by atoms with Crippen LogP contribution in [0.25, 0.3) is 0 Å². The van der Waals surface area contributed by atoms with Crippen molar-refractivity contribution in [2.75, 3.05) is 12.4 Å². The Hall–Kier alpha value is -2.97. The molecule has 0 spiro atoms. The lowest BCUT2D eigenvalue weighted by Crippen LogP contribution is -2.40. The van der Waals surface area contributed by atoms with Crippen molar-refractivity contribution in [2.45, 2.75) is 19.4 Å². The van der Waals surface area contributed by atoms with Crippen LogP contribution in [0.15, 0.2) is 35.0 Å². The third kappa shape index (κ3) is 3.78. The largest absolute Gasteiger partial charge is 0.341 e. The Bertz CT molecular complexity index is 667. The number of anilines is 1. The Morgan fingerprint density at radius 3 is 2.73 bits per heavy atom. The molecule has 0 saturated heterocycles. The number of nitrogens with one attached hydrogen (secondary N) is 2.